The van der Waals surface area contributed by atoms with Crippen molar-refractivity contribution in [1.82, 2.24) is 19.9 Å². The van der Waals surface area contributed by atoms with E-state index in [9.17, 15) is 10.2 Å². The topological polar surface area (TPSA) is 97.8 Å². The molecule has 8 bridgehead atoms. The minimum absolute atomic E-state index is 0. The first-order valence-electron chi connectivity index (χ1n) is 10.4. The molecule has 0 aliphatic carbocycles. The maximum absolute atomic E-state index is 10.1. The first-order chi connectivity index (χ1) is 16.4. The Balaban J connectivity index is 0.00000253. The summed E-state index contributed by atoms with van der Waals surface area (Å²) >= 11 is 7.40. The van der Waals surface area contributed by atoms with Crippen LogP contribution >= 0.6 is 31.9 Å². The zero-order chi connectivity index (χ0) is 23.4. The number of H-pyrrole nitrogens is 2. The van der Waals surface area contributed by atoms with Gasteiger partial charge in [0, 0.05) is 42.1 Å². The number of benzene rings is 1. The van der Waals surface area contributed by atoms with E-state index >= 15 is 0 Å². The van der Waals surface area contributed by atoms with Gasteiger partial charge in [0.1, 0.15) is 11.5 Å². The van der Waals surface area contributed by atoms with Crippen molar-refractivity contribution >= 4 is 78.2 Å². The van der Waals surface area contributed by atoms with Crippen LogP contribution in [-0.2, 0) is 19.5 Å². The zero-order valence-corrected chi connectivity index (χ0v) is 24.3. The van der Waals surface area contributed by atoms with Crippen LogP contribution in [0.4, 0.5) is 0 Å². The smallest absolute Gasteiger partial charge is 0.119 e. The molecule has 6 nitrogen and oxygen atoms in total. The molecule has 1 aromatic carbocycles. The molecule has 0 atom stereocenters. The van der Waals surface area contributed by atoms with Gasteiger partial charge < -0.3 is 20.2 Å². The number of halogens is 2. The molecule has 3 aromatic heterocycles. The van der Waals surface area contributed by atoms with Gasteiger partial charge in [-0.05, 0) is 104 Å². The molecule has 35 heavy (non-hydrogen) atoms. The number of nitrogens with zero attached hydrogens (tertiary/aromatic N) is 2. The van der Waals surface area contributed by atoms with Crippen LogP contribution in [0.3, 0.4) is 0 Å². The van der Waals surface area contributed by atoms with Crippen molar-refractivity contribution in [3.05, 3.63) is 80.3 Å². The Bertz CT molecular complexity index is 1700. The summed E-state index contributed by atoms with van der Waals surface area (Å²) in [4.78, 5) is 16.3. The van der Waals surface area contributed by atoms with E-state index < -0.39 is 0 Å². The van der Waals surface area contributed by atoms with Gasteiger partial charge in [0.05, 0.1) is 42.8 Å². The SMILES string of the molecule is Oc1cc(O)cc(-c2cc3cc4ccc([nH]4)c(Br)c4nc(cc5nc(c(Br)c2[nH]3)C=C5)C=C4)c1.[Zn]. The van der Waals surface area contributed by atoms with E-state index in [0.717, 1.165) is 59.4 Å². The second kappa shape index (κ2) is 9.23. The quantitative estimate of drug-likeness (QED) is 0.142. The third-order valence-electron chi connectivity index (χ3n) is 5.60. The van der Waals surface area contributed by atoms with Gasteiger partial charge in [0.15, 0.2) is 0 Å². The molecular formula is C26H16Br2N4O2Zn. The molecule has 5 heterocycles. The molecule has 0 saturated heterocycles. The summed E-state index contributed by atoms with van der Waals surface area (Å²) < 4.78 is 1.63. The van der Waals surface area contributed by atoms with Crippen LogP contribution in [0.1, 0.15) is 22.8 Å². The maximum atomic E-state index is 10.1. The van der Waals surface area contributed by atoms with Crippen LogP contribution in [0.5, 0.6) is 11.5 Å². The van der Waals surface area contributed by atoms with Crippen LogP contribution in [0.2, 0.25) is 0 Å². The first kappa shape index (κ1) is 23.7. The van der Waals surface area contributed by atoms with Crippen LogP contribution in [0.25, 0.3) is 57.5 Å². The number of rotatable bonds is 1. The minimum Gasteiger partial charge on any atom is -0.508 e. The first-order valence-corrected chi connectivity index (χ1v) is 12.0. The van der Waals surface area contributed by atoms with Crippen LogP contribution in [0, 0.1) is 0 Å². The van der Waals surface area contributed by atoms with Crippen molar-refractivity contribution in [2.24, 2.45) is 0 Å². The fraction of sp³-hybridized carbons (Fsp3) is 0. The van der Waals surface area contributed by atoms with E-state index in [-0.39, 0.29) is 31.0 Å². The molecule has 2 aliphatic heterocycles. The fourth-order valence-corrected chi connectivity index (χ4v) is 5.06. The molecule has 6 rings (SSSR count). The molecule has 0 radical (unpaired) electrons. The van der Waals surface area contributed by atoms with Gasteiger partial charge >= 0.3 is 0 Å². The molecule has 4 N–H and O–H groups in total. The predicted octanol–water partition coefficient (Wildman–Crippen LogP) is 7.26. The van der Waals surface area contributed by atoms with Gasteiger partial charge in [-0.2, -0.15) is 0 Å². The summed E-state index contributed by atoms with van der Waals surface area (Å²) in [5.41, 5.74) is 8.10. The van der Waals surface area contributed by atoms with Crippen molar-refractivity contribution in [2.45, 2.75) is 0 Å². The van der Waals surface area contributed by atoms with Gasteiger partial charge in [-0.3, -0.25) is 0 Å². The third kappa shape index (κ3) is 4.51. The molecule has 168 valence electrons. The van der Waals surface area contributed by atoms with Crippen LogP contribution < -0.4 is 0 Å². The van der Waals surface area contributed by atoms with Crippen LogP contribution in [-0.4, -0.2) is 30.1 Å². The van der Waals surface area contributed by atoms with Crippen molar-refractivity contribution in [1.29, 1.82) is 0 Å². The average Bonchev–Trinajstić information content (AvgIpc) is 3.59. The monoisotopic (exact) mass is 638 g/mol. The Hall–Kier alpha value is -3.00. The third-order valence-corrected chi connectivity index (χ3v) is 7.23. The molecule has 2 aliphatic rings. The van der Waals surface area contributed by atoms with Crippen molar-refractivity contribution in [2.75, 3.05) is 0 Å². The molecule has 0 fully saturated rings. The number of aromatic nitrogens is 4. The van der Waals surface area contributed by atoms with Gasteiger partial charge in [0.2, 0.25) is 0 Å². The number of phenolic OH excluding ortho intramolecular Hbond substituents is 2. The van der Waals surface area contributed by atoms with E-state index in [4.69, 9.17) is 9.97 Å². The Kier molecular flexibility index (Phi) is 6.26. The normalized spacial score (nSPS) is 12.1. The molecule has 9 heteroatoms. The minimum atomic E-state index is -0.0127. The molecular weight excluding hydrogens is 626 g/mol. The predicted molar refractivity (Wildman–Crippen MR) is 143 cm³/mol. The molecule has 0 saturated carbocycles. The zero-order valence-electron chi connectivity index (χ0n) is 18.2. The number of hydrogen-bond donors (Lipinski definition) is 4. The van der Waals surface area contributed by atoms with Gasteiger partial charge in [-0.25, -0.2) is 9.97 Å². The Labute approximate surface area is 229 Å². The summed E-state index contributed by atoms with van der Waals surface area (Å²) in [5, 5.41) is 20.2. The van der Waals surface area contributed by atoms with E-state index in [0.29, 0.717) is 5.56 Å². The Morgan fingerprint density at radius 2 is 1.31 bits per heavy atom. The molecule has 0 spiro atoms. The number of hydrogen-bond acceptors (Lipinski definition) is 4. The van der Waals surface area contributed by atoms with Gasteiger partial charge in [-0.1, -0.05) is 0 Å². The Morgan fingerprint density at radius 3 is 2.00 bits per heavy atom. The van der Waals surface area contributed by atoms with E-state index in [1.807, 2.05) is 54.6 Å². The standard InChI is InChI=1S/C26H16Br2N4O2.Zn/c27-24-21-4-1-14(29-21)9-15-3-6-23(31-15)25(28)26-20(13-7-18(33)12-19(34)8-13)11-17(32-26)10-16-2-5-22(24)30-16;/h1-12,30,32-34H;. The summed E-state index contributed by atoms with van der Waals surface area (Å²) in [5.74, 6) is -0.0254. The van der Waals surface area contributed by atoms with Crippen molar-refractivity contribution in [3.63, 3.8) is 0 Å². The van der Waals surface area contributed by atoms with E-state index in [1.165, 1.54) is 6.07 Å². The molecule has 4 aromatic rings. The van der Waals surface area contributed by atoms with E-state index in [1.54, 1.807) is 12.1 Å². The second-order valence-corrected chi connectivity index (χ2v) is 9.59. The summed E-state index contributed by atoms with van der Waals surface area (Å²) in [6.45, 7) is 0. The van der Waals surface area contributed by atoms with Crippen LogP contribution in [0.15, 0.2) is 57.5 Å². The van der Waals surface area contributed by atoms with Crippen molar-refractivity contribution < 1.29 is 29.7 Å². The fourth-order valence-electron chi connectivity index (χ4n) is 4.08. The summed E-state index contributed by atoms with van der Waals surface area (Å²) in [7, 11) is 0. The Morgan fingerprint density at radius 1 is 0.657 bits per heavy atom. The molecule has 0 amide bonds. The number of phenols is 2. The van der Waals surface area contributed by atoms with Crippen molar-refractivity contribution in [3.8, 4) is 22.6 Å². The van der Waals surface area contributed by atoms with E-state index in [2.05, 4.69) is 41.8 Å². The second-order valence-electron chi connectivity index (χ2n) is 8.01. The number of aromatic amines is 2. The summed E-state index contributed by atoms with van der Waals surface area (Å²) in [6.07, 6.45) is 7.80. The number of nitrogens with one attached hydrogen (secondary N) is 2. The number of fused-ring (bicyclic) bond motifs is 8. The number of aromatic hydroxyl groups is 2. The largest absolute Gasteiger partial charge is 0.508 e. The summed E-state index contributed by atoms with van der Waals surface area (Å²) in [6, 6.07) is 14.4. The molecule has 0 unspecified atom stereocenters. The van der Waals surface area contributed by atoms with Gasteiger partial charge in [0.25, 0.3) is 0 Å². The van der Waals surface area contributed by atoms with Gasteiger partial charge in [-0.15, -0.1) is 0 Å². The maximum Gasteiger partial charge on any atom is 0.119 e. The average molecular weight is 642 g/mol.